The maximum atomic E-state index is 11.3. The van der Waals surface area contributed by atoms with Gasteiger partial charge >= 0.3 is 0 Å². The second-order valence-corrected chi connectivity index (χ2v) is 9.22. The predicted molar refractivity (Wildman–Crippen MR) is 124 cm³/mol. The fourth-order valence-electron chi connectivity index (χ4n) is 3.74. The van der Waals surface area contributed by atoms with Gasteiger partial charge in [-0.1, -0.05) is 18.2 Å². The summed E-state index contributed by atoms with van der Waals surface area (Å²) in [7, 11) is 1.69. The number of aryl methyl sites for hydroxylation is 2. The van der Waals surface area contributed by atoms with Crippen LogP contribution in [0.1, 0.15) is 10.4 Å². The molecule has 1 aliphatic rings. The molecule has 0 saturated carbocycles. The number of nitrogens with zero attached hydrogens (tertiary/aromatic N) is 2. The lowest BCUT2D eigenvalue weighted by Crippen LogP contribution is -2.07. The largest absolute Gasteiger partial charge is 0.496 e. The number of aromatic nitrogens is 2. The van der Waals surface area contributed by atoms with Crippen LogP contribution in [-0.4, -0.2) is 25.8 Å². The van der Waals surface area contributed by atoms with Crippen molar-refractivity contribution in [2.24, 2.45) is 0 Å². The molecule has 0 spiro atoms. The third kappa shape index (κ3) is 3.85. The zero-order valence-electron chi connectivity index (χ0n) is 16.7. The molecule has 2 aromatic carbocycles. The van der Waals surface area contributed by atoms with Crippen molar-refractivity contribution in [1.29, 1.82) is 0 Å². The van der Waals surface area contributed by atoms with Gasteiger partial charge in [-0.05, 0) is 54.8 Å². The summed E-state index contributed by atoms with van der Waals surface area (Å²) in [6.07, 6.45) is 3.72. The van der Waals surface area contributed by atoms with E-state index in [1.807, 2.05) is 30.5 Å². The van der Waals surface area contributed by atoms with E-state index < -0.39 is 11.1 Å². The Bertz CT molecular complexity index is 1300. The number of hydrogen-bond donors (Lipinski definition) is 2. The zero-order chi connectivity index (χ0) is 21.4. The minimum atomic E-state index is -2.04. The van der Waals surface area contributed by atoms with Gasteiger partial charge in [0.15, 0.2) is 11.1 Å². The molecule has 2 aromatic heterocycles. The van der Waals surface area contributed by atoms with Gasteiger partial charge in [-0.3, -0.25) is 0 Å². The van der Waals surface area contributed by atoms with Gasteiger partial charge in [-0.2, -0.15) is 0 Å². The van der Waals surface area contributed by atoms with Crippen LogP contribution in [0.2, 0.25) is 0 Å². The zero-order valence-corrected chi connectivity index (χ0v) is 18.3. The minimum absolute atomic E-state index is 0.324. The summed E-state index contributed by atoms with van der Waals surface area (Å²) in [5.41, 5.74) is 4.91. The predicted octanol–water partition coefficient (Wildman–Crippen LogP) is 5.30. The van der Waals surface area contributed by atoms with Crippen molar-refractivity contribution >= 4 is 34.1 Å². The van der Waals surface area contributed by atoms with Crippen LogP contribution in [0.25, 0.3) is 21.7 Å². The van der Waals surface area contributed by atoms with Crippen LogP contribution in [0.3, 0.4) is 0 Å². The number of nitrogens with one attached hydrogen (secondary N) is 1. The van der Waals surface area contributed by atoms with Gasteiger partial charge < -0.3 is 14.6 Å². The average molecular weight is 450 g/mol. The molecule has 156 valence electrons. The van der Waals surface area contributed by atoms with Gasteiger partial charge in [-0.25, -0.2) is 14.2 Å². The normalized spacial score (nSPS) is 13.2. The Kier molecular flexibility index (Phi) is 5.27. The van der Waals surface area contributed by atoms with E-state index in [1.54, 1.807) is 36.6 Å². The van der Waals surface area contributed by atoms with Crippen LogP contribution in [0.4, 0.5) is 11.6 Å². The lowest BCUT2D eigenvalue weighted by Gasteiger charge is -2.16. The number of methoxy groups -OCH3 is 1. The summed E-state index contributed by atoms with van der Waals surface area (Å²) in [6, 6.07) is 17.0. The number of rotatable bonds is 5. The van der Waals surface area contributed by atoms with Gasteiger partial charge in [0.25, 0.3) is 0 Å². The highest BCUT2D eigenvalue weighted by Gasteiger charge is 2.23. The molecule has 4 aromatic rings. The highest BCUT2D eigenvalue weighted by molar-refractivity contribution is 7.79. The highest BCUT2D eigenvalue weighted by atomic mass is 32.2. The molecule has 0 bridgehead atoms. The van der Waals surface area contributed by atoms with E-state index in [1.165, 1.54) is 4.88 Å². The van der Waals surface area contributed by atoms with Gasteiger partial charge in [0.05, 0.1) is 17.7 Å². The lowest BCUT2D eigenvalue weighted by atomic mass is 9.96. The lowest BCUT2D eigenvalue weighted by molar-refractivity contribution is 0.416. The van der Waals surface area contributed by atoms with Crippen molar-refractivity contribution in [1.82, 2.24) is 9.97 Å². The molecule has 31 heavy (non-hydrogen) atoms. The molecule has 0 fully saturated rings. The van der Waals surface area contributed by atoms with E-state index in [-0.39, 0.29) is 0 Å². The number of hydrogen-bond acceptors (Lipinski definition) is 6. The molecule has 1 unspecified atom stereocenters. The Hall–Kier alpha value is -3.07. The van der Waals surface area contributed by atoms with Gasteiger partial charge in [0.1, 0.15) is 5.75 Å². The van der Waals surface area contributed by atoms with Crippen molar-refractivity contribution in [3.8, 4) is 27.4 Å². The number of thiophene rings is 1. The van der Waals surface area contributed by atoms with E-state index in [0.717, 1.165) is 45.9 Å². The molecule has 0 amide bonds. The molecular weight excluding hydrogens is 430 g/mol. The van der Waals surface area contributed by atoms with E-state index >= 15 is 0 Å². The number of para-hydroxylation sites is 1. The van der Waals surface area contributed by atoms with Crippen LogP contribution in [0, 0.1) is 0 Å². The second-order valence-electron chi connectivity index (χ2n) is 7.12. The third-order valence-electron chi connectivity index (χ3n) is 5.21. The fraction of sp³-hybridized carbons (Fsp3) is 0.130. The quantitative estimate of drug-likeness (QED) is 0.402. The second kappa shape index (κ2) is 8.22. The standard InChI is InChI=1S/C23H19N3O3S2/c1-29-19-8-3-2-7-17(19)21-12-18-20(30-21)10-9-14-13-24-23(26-22(14)18)25-15-5-4-6-16(11-15)31(27)28/h2-8,11-13H,9-10H2,1H3,(H,27,28)(H,24,25,26). The monoisotopic (exact) mass is 449 g/mol. The molecule has 1 atom stereocenters. The van der Waals surface area contributed by atoms with Crippen LogP contribution < -0.4 is 10.1 Å². The Balaban J connectivity index is 1.51. The van der Waals surface area contributed by atoms with Crippen molar-refractivity contribution in [3.63, 3.8) is 0 Å². The minimum Gasteiger partial charge on any atom is -0.496 e. The maximum absolute atomic E-state index is 11.3. The van der Waals surface area contributed by atoms with Crippen LogP contribution >= 0.6 is 11.3 Å². The summed E-state index contributed by atoms with van der Waals surface area (Å²) in [4.78, 5) is 12.0. The molecule has 6 nitrogen and oxygen atoms in total. The summed E-state index contributed by atoms with van der Waals surface area (Å²) < 4.78 is 26.2. The highest BCUT2D eigenvalue weighted by Crippen LogP contribution is 2.43. The fourth-order valence-corrected chi connectivity index (χ4v) is 5.35. The Labute approximate surface area is 186 Å². The molecule has 0 aliphatic heterocycles. The molecule has 1 aliphatic carbocycles. The first-order valence-corrected chi connectivity index (χ1v) is 11.6. The van der Waals surface area contributed by atoms with Crippen molar-refractivity contribution < 1.29 is 13.5 Å². The van der Waals surface area contributed by atoms with E-state index in [2.05, 4.69) is 22.4 Å². The summed E-state index contributed by atoms with van der Waals surface area (Å²) >= 11 is -0.263. The van der Waals surface area contributed by atoms with Crippen molar-refractivity contribution in [3.05, 3.63) is 71.2 Å². The van der Waals surface area contributed by atoms with Crippen LogP contribution in [-0.2, 0) is 23.9 Å². The maximum Gasteiger partial charge on any atom is 0.227 e. The van der Waals surface area contributed by atoms with Crippen molar-refractivity contribution in [2.45, 2.75) is 17.7 Å². The Morgan fingerprint density at radius 3 is 2.81 bits per heavy atom. The SMILES string of the molecule is COc1ccccc1-c1cc2c(s1)CCc1cnc(Nc3cccc(S(=O)O)c3)nc1-2. The smallest absolute Gasteiger partial charge is 0.227 e. The Morgan fingerprint density at radius 2 is 1.97 bits per heavy atom. The molecule has 2 heterocycles. The molecule has 8 heteroatoms. The van der Waals surface area contributed by atoms with E-state index in [9.17, 15) is 8.76 Å². The molecular formula is C23H19N3O3S2. The van der Waals surface area contributed by atoms with Crippen LogP contribution in [0.5, 0.6) is 5.75 Å². The average Bonchev–Trinajstić information content (AvgIpc) is 3.24. The van der Waals surface area contributed by atoms with E-state index in [0.29, 0.717) is 16.5 Å². The summed E-state index contributed by atoms with van der Waals surface area (Å²) in [6.45, 7) is 0. The van der Waals surface area contributed by atoms with Crippen molar-refractivity contribution in [2.75, 3.05) is 12.4 Å². The number of anilines is 2. The van der Waals surface area contributed by atoms with Gasteiger partial charge in [0, 0.05) is 32.8 Å². The van der Waals surface area contributed by atoms with E-state index in [4.69, 9.17) is 9.72 Å². The third-order valence-corrected chi connectivity index (χ3v) is 7.10. The molecule has 5 rings (SSSR count). The topological polar surface area (TPSA) is 84.3 Å². The van der Waals surface area contributed by atoms with Gasteiger partial charge in [0.2, 0.25) is 5.95 Å². The summed E-state index contributed by atoms with van der Waals surface area (Å²) in [5, 5.41) is 3.15. The molecule has 2 N–H and O–H groups in total. The molecule has 0 radical (unpaired) electrons. The van der Waals surface area contributed by atoms with Gasteiger partial charge in [-0.15, -0.1) is 11.3 Å². The number of fused-ring (bicyclic) bond motifs is 3. The van der Waals surface area contributed by atoms with Crippen LogP contribution in [0.15, 0.2) is 65.7 Å². The first kappa shape index (κ1) is 19.9. The summed E-state index contributed by atoms with van der Waals surface area (Å²) in [5.74, 6) is 1.31. The number of ether oxygens (including phenoxy) is 1. The molecule has 0 saturated heterocycles. The number of benzene rings is 2. The first-order valence-electron chi connectivity index (χ1n) is 9.72. The first-order chi connectivity index (χ1) is 15.1. The Morgan fingerprint density at radius 1 is 1.10 bits per heavy atom.